The lowest BCUT2D eigenvalue weighted by Crippen LogP contribution is -2.45. The second-order valence-electron chi connectivity index (χ2n) is 5.63. The van der Waals surface area contributed by atoms with Gasteiger partial charge in [-0.25, -0.2) is 0 Å². The molecule has 0 saturated carbocycles. The zero-order valence-corrected chi connectivity index (χ0v) is 12.7. The highest BCUT2D eigenvalue weighted by Crippen LogP contribution is 2.29. The number of rotatable bonds is 5. The molecule has 5 heteroatoms. The lowest BCUT2D eigenvalue weighted by Gasteiger charge is -2.29. The molecule has 2 amide bonds. The number of benzene rings is 1. The Hall–Kier alpha value is -2.04. The molecule has 1 atom stereocenters. The Bertz CT molecular complexity index is 542. The van der Waals surface area contributed by atoms with Gasteiger partial charge in [0.2, 0.25) is 11.8 Å². The fourth-order valence-electron chi connectivity index (χ4n) is 2.72. The Kier molecular flexibility index (Phi) is 4.83. The maximum absolute atomic E-state index is 12.1. The van der Waals surface area contributed by atoms with Crippen molar-refractivity contribution in [2.75, 3.05) is 17.2 Å². The quantitative estimate of drug-likeness (QED) is 0.812. The summed E-state index contributed by atoms with van der Waals surface area (Å²) in [5, 5.41) is 2.93. The van der Waals surface area contributed by atoms with Crippen molar-refractivity contribution in [3.63, 3.8) is 0 Å². The van der Waals surface area contributed by atoms with E-state index in [-0.39, 0.29) is 24.4 Å². The van der Waals surface area contributed by atoms with E-state index in [9.17, 15) is 9.59 Å². The van der Waals surface area contributed by atoms with E-state index in [4.69, 9.17) is 5.73 Å². The minimum absolute atomic E-state index is 0.00874. The van der Waals surface area contributed by atoms with Crippen LogP contribution in [0.3, 0.4) is 0 Å². The largest absolute Gasteiger partial charge is 0.399 e. The van der Waals surface area contributed by atoms with Crippen LogP contribution in [0.4, 0.5) is 11.4 Å². The Balaban J connectivity index is 2.09. The van der Waals surface area contributed by atoms with Gasteiger partial charge in [-0.05, 0) is 43.5 Å². The van der Waals surface area contributed by atoms with Gasteiger partial charge in [-0.2, -0.15) is 0 Å². The number of nitrogen functional groups attached to an aromatic ring is 1. The third-order valence-electron chi connectivity index (χ3n) is 3.73. The average molecular weight is 289 g/mol. The van der Waals surface area contributed by atoms with Crippen LogP contribution in [0, 0.1) is 0 Å². The minimum atomic E-state index is -0.117. The standard InChI is InChI=1S/C16H23N3O2/c1-3-4-11(2)18-15(20)10-19-14-7-6-13(17)9-12(14)5-8-16(19)21/h6-7,9,11H,3-5,8,10,17H2,1-2H3,(H,18,20). The maximum atomic E-state index is 12.1. The van der Waals surface area contributed by atoms with Crippen LogP contribution < -0.4 is 16.0 Å². The highest BCUT2D eigenvalue weighted by atomic mass is 16.2. The molecule has 0 fully saturated rings. The molecule has 1 aromatic carbocycles. The van der Waals surface area contributed by atoms with Gasteiger partial charge in [0.25, 0.3) is 0 Å². The Morgan fingerprint density at radius 1 is 1.43 bits per heavy atom. The number of hydrogen-bond acceptors (Lipinski definition) is 3. The molecule has 0 radical (unpaired) electrons. The topological polar surface area (TPSA) is 75.4 Å². The molecule has 1 heterocycles. The van der Waals surface area contributed by atoms with Crippen molar-refractivity contribution in [1.82, 2.24) is 5.32 Å². The third-order valence-corrected chi connectivity index (χ3v) is 3.73. The summed E-state index contributed by atoms with van der Waals surface area (Å²) in [7, 11) is 0. The molecule has 0 spiro atoms. The third kappa shape index (κ3) is 3.74. The minimum Gasteiger partial charge on any atom is -0.399 e. The van der Waals surface area contributed by atoms with E-state index in [2.05, 4.69) is 12.2 Å². The second-order valence-corrected chi connectivity index (χ2v) is 5.63. The van der Waals surface area contributed by atoms with Crippen LogP contribution in [0.5, 0.6) is 0 Å². The number of carbonyl (C=O) groups excluding carboxylic acids is 2. The van der Waals surface area contributed by atoms with E-state index in [1.807, 2.05) is 19.1 Å². The molecule has 1 aromatic rings. The van der Waals surface area contributed by atoms with E-state index in [0.29, 0.717) is 18.5 Å². The van der Waals surface area contributed by atoms with Gasteiger partial charge in [-0.3, -0.25) is 9.59 Å². The first-order chi connectivity index (χ1) is 10.0. The second kappa shape index (κ2) is 6.61. The summed E-state index contributed by atoms with van der Waals surface area (Å²) < 4.78 is 0. The fourth-order valence-corrected chi connectivity index (χ4v) is 2.72. The van der Waals surface area contributed by atoms with Crippen molar-refractivity contribution in [3.8, 4) is 0 Å². The molecule has 1 aliphatic rings. The van der Waals surface area contributed by atoms with E-state index in [1.54, 1.807) is 11.0 Å². The normalized spacial score (nSPS) is 15.5. The monoisotopic (exact) mass is 289 g/mol. The van der Waals surface area contributed by atoms with Crippen LogP contribution in [0.25, 0.3) is 0 Å². The molecule has 1 unspecified atom stereocenters. The Labute approximate surface area is 125 Å². The van der Waals surface area contributed by atoms with Crippen molar-refractivity contribution in [2.24, 2.45) is 0 Å². The first-order valence-electron chi connectivity index (χ1n) is 7.49. The molecule has 1 aliphatic heterocycles. The van der Waals surface area contributed by atoms with E-state index < -0.39 is 0 Å². The number of carbonyl (C=O) groups is 2. The van der Waals surface area contributed by atoms with Crippen LogP contribution in [0.2, 0.25) is 0 Å². The molecule has 0 aliphatic carbocycles. The lowest BCUT2D eigenvalue weighted by atomic mass is 10.0. The summed E-state index contributed by atoms with van der Waals surface area (Å²) in [5.41, 5.74) is 8.30. The van der Waals surface area contributed by atoms with Gasteiger partial charge < -0.3 is 16.0 Å². The highest BCUT2D eigenvalue weighted by Gasteiger charge is 2.26. The summed E-state index contributed by atoms with van der Waals surface area (Å²) in [5.74, 6) is -0.125. The maximum Gasteiger partial charge on any atom is 0.240 e. The molecule has 5 nitrogen and oxygen atoms in total. The number of anilines is 2. The average Bonchev–Trinajstić information content (AvgIpc) is 2.42. The smallest absolute Gasteiger partial charge is 0.240 e. The predicted octanol–water partition coefficient (Wildman–Crippen LogP) is 1.85. The molecule has 0 bridgehead atoms. The lowest BCUT2D eigenvalue weighted by molar-refractivity contribution is -0.124. The van der Waals surface area contributed by atoms with E-state index in [1.165, 1.54) is 0 Å². The number of aryl methyl sites for hydroxylation is 1. The molecule has 2 rings (SSSR count). The summed E-state index contributed by atoms with van der Waals surface area (Å²) in [6.07, 6.45) is 3.07. The van der Waals surface area contributed by atoms with Gasteiger partial charge in [-0.15, -0.1) is 0 Å². The van der Waals surface area contributed by atoms with Gasteiger partial charge >= 0.3 is 0 Å². The highest BCUT2D eigenvalue weighted by molar-refractivity contribution is 6.01. The van der Waals surface area contributed by atoms with Gasteiger partial charge in [0, 0.05) is 23.8 Å². The number of amides is 2. The summed E-state index contributed by atoms with van der Waals surface area (Å²) in [6, 6.07) is 5.60. The zero-order valence-electron chi connectivity index (χ0n) is 12.7. The van der Waals surface area contributed by atoms with Crippen LogP contribution in [-0.4, -0.2) is 24.4 Å². The molecule has 0 saturated heterocycles. The number of nitrogens with two attached hydrogens (primary N) is 1. The molecular formula is C16H23N3O2. The van der Waals surface area contributed by atoms with E-state index >= 15 is 0 Å². The van der Waals surface area contributed by atoms with Crippen LogP contribution >= 0.6 is 0 Å². The van der Waals surface area contributed by atoms with Gasteiger partial charge in [0.15, 0.2) is 0 Å². The predicted molar refractivity (Wildman–Crippen MR) is 84.0 cm³/mol. The van der Waals surface area contributed by atoms with Crippen LogP contribution in [0.15, 0.2) is 18.2 Å². The zero-order chi connectivity index (χ0) is 15.4. The molecule has 21 heavy (non-hydrogen) atoms. The van der Waals surface area contributed by atoms with Gasteiger partial charge in [0.05, 0.1) is 0 Å². The molecule has 114 valence electrons. The first kappa shape index (κ1) is 15.4. The van der Waals surface area contributed by atoms with Crippen molar-refractivity contribution in [1.29, 1.82) is 0 Å². The Morgan fingerprint density at radius 3 is 2.90 bits per heavy atom. The number of fused-ring (bicyclic) bond motifs is 1. The number of nitrogens with one attached hydrogen (secondary N) is 1. The van der Waals surface area contributed by atoms with Crippen molar-refractivity contribution in [3.05, 3.63) is 23.8 Å². The number of nitrogens with zero attached hydrogens (tertiary/aromatic N) is 1. The molecule has 3 N–H and O–H groups in total. The molecular weight excluding hydrogens is 266 g/mol. The summed E-state index contributed by atoms with van der Waals surface area (Å²) in [4.78, 5) is 25.8. The van der Waals surface area contributed by atoms with Gasteiger partial charge in [0.1, 0.15) is 6.54 Å². The summed E-state index contributed by atoms with van der Waals surface area (Å²) >= 11 is 0. The SMILES string of the molecule is CCCC(C)NC(=O)CN1C(=O)CCc2cc(N)ccc21. The first-order valence-corrected chi connectivity index (χ1v) is 7.49. The Morgan fingerprint density at radius 2 is 2.19 bits per heavy atom. The van der Waals surface area contributed by atoms with Crippen molar-refractivity contribution < 1.29 is 9.59 Å². The van der Waals surface area contributed by atoms with E-state index in [0.717, 1.165) is 24.1 Å². The fraction of sp³-hybridized carbons (Fsp3) is 0.500. The van der Waals surface area contributed by atoms with Crippen LogP contribution in [0.1, 0.15) is 38.7 Å². The van der Waals surface area contributed by atoms with Crippen molar-refractivity contribution >= 4 is 23.2 Å². The van der Waals surface area contributed by atoms with Crippen LogP contribution in [-0.2, 0) is 16.0 Å². The number of hydrogen-bond donors (Lipinski definition) is 2. The van der Waals surface area contributed by atoms with Crippen molar-refractivity contribution in [2.45, 2.75) is 45.6 Å². The summed E-state index contributed by atoms with van der Waals surface area (Å²) in [6.45, 7) is 4.13. The molecule has 0 aromatic heterocycles. The van der Waals surface area contributed by atoms with Gasteiger partial charge in [-0.1, -0.05) is 13.3 Å².